The summed E-state index contributed by atoms with van der Waals surface area (Å²) >= 11 is 0. The lowest BCUT2D eigenvalue weighted by Gasteiger charge is -1.89. The van der Waals surface area contributed by atoms with E-state index < -0.39 is 0 Å². The number of hydrogen-bond acceptors (Lipinski definition) is 20. The molecular formula is C64H76N20O3. The van der Waals surface area contributed by atoms with Crippen molar-refractivity contribution in [2.75, 3.05) is 0 Å². The molecule has 0 atom stereocenters. The minimum absolute atomic E-state index is 0.0347. The van der Waals surface area contributed by atoms with Crippen LogP contribution in [0.15, 0.2) is 260 Å². The molecule has 23 nitrogen and oxygen atoms in total. The Labute approximate surface area is 508 Å². The van der Waals surface area contributed by atoms with E-state index in [4.69, 9.17) is 0 Å². The van der Waals surface area contributed by atoms with Gasteiger partial charge in [-0.05, 0) is 157 Å². The molecule has 87 heavy (non-hydrogen) atoms. The minimum atomic E-state index is -0.215. The summed E-state index contributed by atoms with van der Waals surface area (Å²) in [7, 11) is 5.07. The average Bonchev–Trinajstić information content (AvgIpc) is 3.55. The third kappa shape index (κ3) is 44.9. The van der Waals surface area contributed by atoms with Gasteiger partial charge < -0.3 is 13.7 Å². The third-order valence-corrected chi connectivity index (χ3v) is 9.51. The SMILES string of the molecule is Cc1ccccn1.Cc1cccnc1.Cc1cccnn1.Cc1ccncc1.Cc1ccncn1.Cc1ccnnc1.Cc1cnccn1.Cc1cncnc1.Cc1ncccn1.Cn1ccccc1=O.Cn1cccnc1=O.Cn1ccncc1=O. The van der Waals surface area contributed by atoms with Crippen molar-refractivity contribution in [3.8, 4) is 0 Å². The summed E-state index contributed by atoms with van der Waals surface area (Å²) < 4.78 is 4.41. The predicted octanol–water partition coefficient (Wildman–Crippen LogP) is 8.83. The van der Waals surface area contributed by atoms with Crippen molar-refractivity contribution in [2.45, 2.75) is 62.3 Å². The van der Waals surface area contributed by atoms with E-state index >= 15 is 0 Å². The van der Waals surface area contributed by atoms with Crippen molar-refractivity contribution < 1.29 is 0 Å². The van der Waals surface area contributed by atoms with Gasteiger partial charge in [0.1, 0.15) is 18.5 Å². The maximum Gasteiger partial charge on any atom is 0.347 e. The summed E-state index contributed by atoms with van der Waals surface area (Å²) in [6, 6.07) is 29.9. The zero-order chi connectivity index (χ0) is 64.0. The maximum absolute atomic E-state index is 10.6. The van der Waals surface area contributed by atoms with Crippen LogP contribution < -0.4 is 16.8 Å². The Bertz CT molecular complexity index is 3010. The highest BCUT2D eigenvalue weighted by Crippen LogP contribution is 1.91. The Balaban J connectivity index is 0.000000475. The molecule has 0 unspecified atom stereocenters. The van der Waals surface area contributed by atoms with Gasteiger partial charge in [-0.15, -0.1) is 0 Å². The van der Waals surface area contributed by atoms with Crippen molar-refractivity contribution >= 4 is 0 Å². The maximum atomic E-state index is 10.6. The molecule has 0 aliphatic rings. The van der Waals surface area contributed by atoms with Gasteiger partial charge in [-0.2, -0.15) is 20.4 Å². The van der Waals surface area contributed by atoms with Gasteiger partial charge in [-0.25, -0.2) is 39.7 Å². The van der Waals surface area contributed by atoms with Crippen LogP contribution in [0.3, 0.4) is 0 Å². The first kappa shape index (κ1) is 73.7. The summed E-state index contributed by atoms with van der Waals surface area (Å²) in [5.41, 5.74) is 8.46. The summed E-state index contributed by atoms with van der Waals surface area (Å²) in [6.07, 6.45) is 40.2. The molecule has 12 rings (SSSR count). The molecule has 0 aliphatic carbocycles. The number of pyridine rings is 4. The van der Waals surface area contributed by atoms with Gasteiger partial charge >= 0.3 is 5.69 Å². The average molecular weight is 1170 g/mol. The Hall–Kier alpha value is -11.4. The fraction of sp³-hybridized carbons (Fsp3) is 0.188. The van der Waals surface area contributed by atoms with Gasteiger partial charge in [0.2, 0.25) is 5.56 Å². The Morgan fingerprint density at radius 3 is 1.18 bits per heavy atom. The second kappa shape index (κ2) is 49.3. The van der Waals surface area contributed by atoms with Crippen molar-refractivity contribution in [2.24, 2.45) is 21.1 Å². The minimum Gasteiger partial charge on any atom is -0.319 e. The van der Waals surface area contributed by atoms with Gasteiger partial charge in [0, 0.05) is 163 Å². The normalized spacial score (nSPS) is 8.83. The molecule has 0 spiro atoms. The molecule has 0 fully saturated rings. The lowest BCUT2D eigenvalue weighted by Crippen LogP contribution is -2.17. The number of hydrogen-bond donors (Lipinski definition) is 0. The zero-order valence-electron chi connectivity index (χ0n) is 51.3. The molecular weight excluding hydrogens is 1100 g/mol. The van der Waals surface area contributed by atoms with Crippen molar-refractivity contribution in [3.05, 3.63) is 328 Å². The largest absolute Gasteiger partial charge is 0.347 e. The first-order valence-electron chi connectivity index (χ1n) is 26.5. The van der Waals surface area contributed by atoms with Crippen LogP contribution in [-0.2, 0) is 21.1 Å². The van der Waals surface area contributed by atoms with E-state index in [-0.39, 0.29) is 16.8 Å². The summed E-state index contributed by atoms with van der Waals surface area (Å²) in [5.74, 6) is 0.822. The first-order chi connectivity index (χ1) is 42.0. The lowest BCUT2D eigenvalue weighted by atomic mass is 10.3. The van der Waals surface area contributed by atoms with E-state index in [2.05, 4.69) is 85.2 Å². The van der Waals surface area contributed by atoms with Crippen LogP contribution in [0.4, 0.5) is 0 Å². The van der Waals surface area contributed by atoms with Crippen LogP contribution in [-0.4, -0.2) is 98.9 Å². The van der Waals surface area contributed by atoms with E-state index in [1.54, 1.807) is 157 Å². The smallest absolute Gasteiger partial charge is 0.319 e. The van der Waals surface area contributed by atoms with Crippen molar-refractivity contribution in [3.63, 3.8) is 0 Å². The Morgan fingerprint density at radius 2 is 0.874 bits per heavy atom. The summed E-state index contributed by atoms with van der Waals surface area (Å²) in [6.45, 7) is 17.6. The summed E-state index contributed by atoms with van der Waals surface area (Å²) in [4.78, 5) is 81.0. The Kier molecular flexibility index (Phi) is 41.7. The van der Waals surface area contributed by atoms with E-state index in [0.29, 0.717) is 0 Å². The Morgan fingerprint density at radius 1 is 0.287 bits per heavy atom. The van der Waals surface area contributed by atoms with Crippen LogP contribution in [0.1, 0.15) is 50.9 Å². The van der Waals surface area contributed by atoms with Gasteiger partial charge in [-0.3, -0.25) is 39.5 Å². The quantitative estimate of drug-likeness (QED) is 0.137. The molecule has 0 radical (unpaired) electrons. The third-order valence-electron chi connectivity index (χ3n) is 9.51. The fourth-order valence-corrected chi connectivity index (χ4v) is 4.88. The highest BCUT2D eigenvalue weighted by atomic mass is 16.1. The summed E-state index contributed by atoms with van der Waals surface area (Å²) in [5, 5.41) is 14.6. The van der Waals surface area contributed by atoms with Crippen LogP contribution in [0.25, 0.3) is 0 Å². The number of aryl methyl sites for hydroxylation is 12. The van der Waals surface area contributed by atoms with E-state index in [1.165, 1.54) is 55.9 Å². The van der Waals surface area contributed by atoms with E-state index in [1.807, 2.05) is 141 Å². The zero-order valence-corrected chi connectivity index (χ0v) is 51.3. The molecule has 0 N–H and O–H groups in total. The lowest BCUT2D eigenvalue weighted by molar-refractivity contribution is 0.810. The highest BCUT2D eigenvalue weighted by molar-refractivity contribution is 5.06. The van der Waals surface area contributed by atoms with Gasteiger partial charge in [0.15, 0.2) is 0 Å². The molecule has 12 aromatic heterocycles. The van der Waals surface area contributed by atoms with Crippen molar-refractivity contribution in [1.29, 1.82) is 0 Å². The standard InChI is InChI=1S/C6H7NO.3C6H7N.2C5H6N2O.6C5H6N2/c1-7-5-3-2-4-6(7)8;1-6-2-4-7-5-3-6;1-6-3-2-4-7-5-6;1-6-4-2-3-5-7-6;1-7-3-2-6-4-5(7)8;1-7-4-2-3-6-5(7)8;1-5-2-6-4-7-3-5;1-5-4-6-2-3-7-5;1-5-2-3-6-4-7-5;1-5-2-3-6-7-4-5;1-5-6-3-2-4-7-5;1-5-3-2-4-6-7-5/h2-5H,1H3;3*2-5H,1H3;2*2-4H,1H3;6*2-4H,1H3. The molecule has 0 amide bonds. The van der Waals surface area contributed by atoms with E-state index in [9.17, 15) is 14.4 Å². The molecule has 0 saturated heterocycles. The molecule has 0 saturated carbocycles. The number of aromatic nitrogens is 20. The monoisotopic (exact) mass is 1170 g/mol. The molecule has 12 heterocycles. The molecule has 12 aromatic rings. The number of nitrogens with zero attached hydrogens (tertiary/aromatic N) is 20. The molecule has 0 aromatic carbocycles. The van der Waals surface area contributed by atoms with Gasteiger partial charge in [0.25, 0.3) is 5.56 Å². The molecule has 0 aliphatic heterocycles. The second-order valence-electron chi connectivity index (χ2n) is 17.4. The topological polar surface area (TPSA) is 285 Å². The molecule has 450 valence electrons. The second-order valence-corrected chi connectivity index (χ2v) is 17.4. The van der Waals surface area contributed by atoms with Crippen LogP contribution in [0, 0.1) is 62.3 Å². The van der Waals surface area contributed by atoms with Crippen molar-refractivity contribution in [1.82, 2.24) is 98.9 Å². The van der Waals surface area contributed by atoms with Gasteiger partial charge in [0.05, 0.1) is 23.8 Å². The highest BCUT2D eigenvalue weighted by Gasteiger charge is 1.84. The fourth-order valence-electron chi connectivity index (χ4n) is 4.88. The van der Waals surface area contributed by atoms with E-state index in [0.717, 1.165) is 39.7 Å². The first-order valence-corrected chi connectivity index (χ1v) is 26.5. The van der Waals surface area contributed by atoms with Gasteiger partial charge in [-0.1, -0.05) is 18.2 Å². The number of rotatable bonds is 0. The molecule has 23 heteroatoms. The predicted molar refractivity (Wildman–Crippen MR) is 338 cm³/mol. The van der Waals surface area contributed by atoms with Crippen LogP contribution in [0.5, 0.6) is 0 Å². The van der Waals surface area contributed by atoms with Crippen LogP contribution >= 0.6 is 0 Å². The molecule has 0 bridgehead atoms. The van der Waals surface area contributed by atoms with Crippen LogP contribution in [0.2, 0.25) is 0 Å².